The third kappa shape index (κ3) is 3.26. The lowest BCUT2D eigenvalue weighted by Gasteiger charge is -2.08. The highest BCUT2D eigenvalue weighted by molar-refractivity contribution is 5.85. The van der Waals surface area contributed by atoms with Crippen LogP contribution in [0.1, 0.15) is 29.5 Å². The lowest BCUT2D eigenvalue weighted by Crippen LogP contribution is -2.03. The summed E-state index contributed by atoms with van der Waals surface area (Å²) < 4.78 is 1.61. The van der Waals surface area contributed by atoms with E-state index in [2.05, 4.69) is 21.9 Å². The number of hydrogen-bond acceptors (Lipinski definition) is 4. The van der Waals surface area contributed by atoms with Gasteiger partial charge in [0.15, 0.2) is 11.5 Å². The van der Waals surface area contributed by atoms with Gasteiger partial charge in [-0.25, -0.2) is 19.7 Å². The average Bonchev–Trinajstić information content (AvgIpc) is 3.06. The standard InChI is InChI=1S/C17H16N4O2/c1-2-6-13-9-15(21-10-14(17(22)23)18-11-21)20-16(19-13)12-7-4-3-5-8-12/h3-5,7-11H,2,6H2,1H3,(H,22,23). The number of imidazole rings is 1. The molecule has 0 bridgehead atoms. The molecule has 6 heteroatoms. The van der Waals surface area contributed by atoms with Crippen LogP contribution in [0.5, 0.6) is 0 Å². The molecular formula is C17H16N4O2. The van der Waals surface area contributed by atoms with E-state index in [1.807, 2.05) is 36.4 Å². The normalized spacial score (nSPS) is 10.7. The first-order valence-corrected chi connectivity index (χ1v) is 7.38. The van der Waals surface area contributed by atoms with Gasteiger partial charge >= 0.3 is 5.97 Å². The number of carbonyl (C=O) groups is 1. The highest BCUT2D eigenvalue weighted by atomic mass is 16.4. The van der Waals surface area contributed by atoms with Crippen molar-refractivity contribution >= 4 is 5.97 Å². The van der Waals surface area contributed by atoms with E-state index >= 15 is 0 Å². The van der Waals surface area contributed by atoms with Gasteiger partial charge in [-0.1, -0.05) is 43.7 Å². The molecule has 0 saturated carbocycles. The van der Waals surface area contributed by atoms with E-state index in [1.165, 1.54) is 12.5 Å². The molecule has 0 fully saturated rings. The van der Waals surface area contributed by atoms with E-state index in [-0.39, 0.29) is 5.69 Å². The van der Waals surface area contributed by atoms with Crippen molar-refractivity contribution in [2.45, 2.75) is 19.8 Å². The van der Waals surface area contributed by atoms with Gasteiger partial charge in [0, 0.05) is 23.5 Å². The lowest BCUT2D eigenvalue weighted by molar-refractivity contribution is 0.0691. The van der Waals surface area contributed by atoms with Crippen molar-refractivity contribution in [2.24, 2.45) is 0 Å². The van der Waals surface area contributed by atoms with Gasteiger partial charge in [0.25, 0.3) is 0 Å². The average molecular weight is 308 g/mol. The highest BCUT2D eigenvalue weighted by Crippen LogP contribution is 2.18. The lowest BCUT2D eigenvalue weighted by atomic mass is 10.2. The van der Waals surface area contributed by atoms with Gasteiger partial charge in [-0.2, -0.15) is 0 Å². The number of aromatic carboxylic acids is 1. The van der Waals surface area contributed by atoms with Crippen LogP contribution in [-0.2, 0) is 6.42 Å². The second-order valence-corrected chi connectivity index (χ2v) is 5.13. The van der Waals surface area contributed by atoms with Gasteiger partial charge in [-0.15, -0.1) is 0 Å². The van der Waals surface area contributed by atoms with Gasteiger partial charge in [0.1, 0.15) is 12.1 Å². The van der Waals surface area contributed by atoms with Gasteiger partial charge in [-0.05, 0) is 6.42 Å². The summed E-state index contributed by atoms with van der Waals surface area (Å²) in [6, 6.07) is 11.6. The zero-order valence-electron chi connectivity index (χ0n) is 12.7. The smallest absolute Gasteiger partial charge is 0.356 e. The van der Waals surface area contributed by atoms with E-state index in [1.54, 1.807) is 4.57 Å². The maximum Gasteiger partial charge on any atom is 0.356 e. The Hall–Kier alpha value is -3.02. The van der Waals surface area contributed by atoms with Gasteiger partial charge < -0.3 is 5.11 Å². The summed E-state index contributed by atoms with van der Waals surface area (Å²) in [7, 11) is 0. The Morgan fingerprint density at radius 3 is 2.65 bits per heavy atom. The summed E-state index contributed by atoms with van der Waals surface area (Å²) in [5.74, 6) is 0.175. The van der Waals surface area contributed by atoms with E-state index in [4.69, 9.17) is 5.11 Å². The Morgan fingerprint density at radius 2 is 2.00 bits per heavy atom. The number of aryl methyl sites for hydroxylation is 1. The predicted octanol–water partition coefficient (Wildman–Crippen LogP) is 2.98. The number of benzene rings is 1. The van der Waals surface area contributed by atoms with Crippen molar-refractivity contribution in [3.05, 3.63) is 60.3 Å². The van der Waals surface area contributed by atoms with Crippen LogP contribution in [0.3, 0.4) is 0 Å². The number of aromatic nitrogens is 4. The summed E-state index contributed by atoms with van der Waals surface area (Å²) in [5, 5.41) is 9.01. The molecule has 2 aromatic heterocycles. The summed E-state index contributed by atoms with van der Waals surface area (Å²) in [6.45, 7) is 2.09. The SMILES string of the molecule is CCCc1cc(-n2cnc(C(=O)O)c2)nc(-c2ccccc2)n1. The molecule has 1 N–H and O–H groups in total. The minimum Gasteiger partial charge on any atom is -0.476 e. The third-order valence-corrected chi connectivity index (χ3v) is 3.37. The van der Waals surface area contributed by atoms with Crippen molar-refractivity contribution in [1.29, 1.82) is 0 Å². The summed E-state index contributed by atoms with van der Waals surface area (Å²) in [4.78, 5) is 24.0. The zero-order valence-corrected chi connectivity index (χ0v) is 12.7. The van der Waals surface area contributed by atoms with Crippen LogP contribution in [-0.4, -0.2) is 30.6 Å². The van der Waals surface area contributed by atoms with Crippen LogP contribution in [0.25, 0.3) is 17.2 Å². The molecule has 2 heterocycles. The first-order chi connectivity index (χ1) is 11.2. The molecule has 0 aliphatic carbocycles. The molecule has 1 aromatic carbocycles. The van der Waals surface area contributed by atoms with Crippen LogP contribution in [0.15, 0.2) is 48.9 Å². The number of carboxylic acids is 1. The third-order valence-electron chi connectivity index (χ3n) is 3.37. The molecule has 3 aromatic rings. The highest BCUT2D eigenvalue weighted by Gasteiger charge is 2.11. The Balaban J connectivity index is 2.08. The maximum atomic E-state index is 11.0. The molecule has 0 radical (unpaired) electrons. The molecule has 0 amide bonds. The Bertz CT molecular complexity index is 828. The maximum absolute atomic E-state index is 11.0. The summed E-state index contributed by atoms with van der Waals surface area (Å²) in [5.41, 5.74) is 1.83. The van der Waals surface area contributed by atoms with Crippen molar-refractivity contribution in [1.82, 2.24) is 19.5 Å². The Morgan fingerprint density at radius 1 is 1.22 bits per heavy atom. The van der Waals surface area contributed by atoms with Crippen LogP contribution < -0.4 is 0 Å². The van der Waals surface area contributed by atoms with Gasteiger partial charge in [-0.3, -0.25) is 4.57 Å². The molecule has 0 spiro atoms. The predicted molar refractivity (Wildman–Crippen MR) is 85.5 cm³/mol. The van der Waals surface area contributed by atoms with Gasteiger partial charge in [0.05, 0.1) is 0 Å². The molecule has 23 heavy (non-hydrogen) atoms. The number of hydrogen-bond donors (Lipinski definition) is 1. The Labute approximate surface area is 133 Å². The first kappa shape index (κ1) is 14.9. The van der Waals surface area contributed by atoms with E-state index in [9.17, 15) is 4.79 Å². The molecule has 116 valence electrons. The number of carboxylic acid groups (broad SMARTS) is 1. The molecular weight excluding hydrogens is 292 g/mol. The van der Waals surface area contributed by atoms with Crippen LogP contribution >= 0.6 is 0 Å². The molecule has 0 atom stereocenters. The topological polar surface area (TPSA) is 80.9 Å². The quantitative estimate of drug-likeness (QED) is 0.783. The molecule has 6 nitrogen and oxygen atoms in total. The molecule has 0 unspecified atom stereocenters. The van der Waals surface area contributed by atoms with Gasteiger partial charge in [0.2, 0.25) is 0 Å². The van der Waals surface area contributed by atoms with Crippen molar-refractivity contribution in [2.75, 3.05) is 0 Å². The van der Waals surface area contributed by atoms with Crippen molar-refractivity contribution in [3.8, 4) is 17.2 Å². The van der Waals surface area contributed by atoms with E-state index in [0.29, 0.717) is 11.6 Å². The van der Waals surface area contributed by atoms with E-state index < -0.39 is 5.97 Å². The van der Waals surface area contributed by atoms with Crippen LogP contribution in [0.2, 0.25) is 0 Å². The van der Waals surface area contributed by atoms with Crippen LogP contribution in [0.4, 0.5) is 0 Å². The summed E-state index contributed by atoms with van der Waals surface area (Å²) >= 11 is 0. The minimum atomic E-state index is -1.06. The summed E-state index contributed by atoms with van der Waals surface area (Å²) in [6.07, 6.45) is 4.70. The van der Waals surface area contributed by atoms with Crippen LogP contribution in [0, 0.1) is 0 Å². The molecule has 0 saturated heterocycles. The zero-order chi connectivity index (χ0) is 16.2. The fourth-order valence-corrected chi connectivity index (χ4v) is 2.27. The van der Waals surface area contributed by atoms with Crippen molar-refractivity contribution < 1.29 is 9.90 Å². The van der Waals surface area contributed by atoms with Crippen molar-refractivity contribution in [3.63, 3.8) is 0 Å². The molecule has 0 aliphatic rings. The molecule has 3 rings (SSSR count). The molecule has 0 aliphatic heterocycles. The number of rotatable bonds is 5. The second kappa shape index (κ2) is 6.39. The minimum absolute atomic E-state index is 0.0121. The fraction of sp³-hybridized carbons (Fsp3) is 0.176. The Kier molecular flexibility index (Phi) is 4.14. The monoisotopic (exact) mass is 308 g/mol. The fourth-order valence-electron chi connectivity index (χ4n) is 2.27. The largest absolute Gasteiger partial charge is 0.476 e. The second-order valence-electron chi connectivity index (χ2n) is 5.13. The first-order valence-electron chi connectivity index (χ1n) is 7.38. The van der Waals surface area contributed by atoms with E-state index in [0.717, 1.165) is 24.1 Å². The number of nitrogens with zero attached hydrogens (tertiary/aromatic N) is 4.